The molecule has 0 aliphatic carbocycles. The SMILES string of the molecule is COc1ccc(S(=O)CCN)cc1. The molecule has 1 aromatic rings. The first kappa shape index (κ1) is 10.2. The molecule has 13 heavy (non-hydrogen) atoms. The van der Waals surface area contributed by atoms with Gasteiger partial charge in [0.2, 0.25) is 0 Å². The van der Waals surface area contributed by atoms with E-state index in [0.717, 1.165) is 10.6 Å². The fourth-order valence-electron chi connectivity index (χ4n) is 0.952. The topological polar surface area (TPSA) is 52.3 Å². The van der Waals surface area contributed by atoms with Gasteiger partial charge in [0.15, 0.2) is 0 Å². The molecule has 0 saturated heterocycles. The van der Waals surface area contributed by atoms with Crippen molar-refractivity contribution in [1.29, 1.82) is 0 Å². The van der Waals surface area contributed by atoms with Crippen molar-refractivity contribution in [2.45, 2.75) is 4.90 Å². The van der Waals surface area contributed by atoms with Gasteiger partial charge in [-0.25, -0.2) is 0 Å². The van der Waals surface area contributed by atoms with Crippen LogP contribution in [-0.4, -0.2) is 23.6 Å². The third-order valence-electron chi connectivity index (χ3n) is 1.63. The van der Waals surface area contributed by atoms with E-state index in [4.69, 9.17) is 10.5 Å². The lowest BCUT2D eigenvalue weighted by atomic mass is 10.3. The average molecular weight is 199 g/mol. The molecular weight excluding hydrogens is 186 g/mol. The van der Waals surface area contributed by atoms with E-state index in [2.05, 4.69) is 0 Å². The van der Waals surface area contributed by atoms with Crippen LogP contribution in [-0.2, 0) is 10.8 Å². The highest BCUT2D eigenvalue weighted by atomic mass is 32.2. The number of hydrogen-bond donors (Lipinski definition) is 1. The lowest BCUT2D eigenvalue weighted by Crippen LogP contribution is -2.10. The van der Waals surface area contributed by atoms with Crippen LogP contribution >= 0.6 is 0 Å². The van der Waals surface area contributed by atoms with E-state index in [1.165, 1.54) is 0 Å². The molecule has 2 N–H and O–H groups in total. The molecule has 72 valence electrons. The Morgan fingerprint density at radius 3 is 2.46 bits per heavy atom. The maximum Gasteiger partial charge on any atom is 0.118 e. The summed E-state index contributed by atoms with van der Waals surface area (Å²) in [6, 6.07) is 7.18. The number of nitrogens with two attached hydrogens (primary N) is 1. The molecule has 3 nitrogen and oxygen atoms in total. The van der Waals surface area contributed by atoms with Crippen LogP contribution in [0.1, 0.15) is 0 Å². The minimum absolute atomic E-state index is 0.443. The quantitative estimate of drug-likeness (QED) is 0.779. The first-order valence-corrected chi connectivity index (χ1v) is 5.32. The van der Waals surface area contributed by atoms with E-state index >= 15 is 0 Å². The Hall–Kier alpha value is -0.870. The summed E-state index contributed by atoms with van der Waals surface area (Å²) in [7, 11) is 0.629. The minimum atomic E-state index is -0.974. The fourth-order valence-corrected chi connectivity index (χ4v) is 1.84. The van der Waals surface area contributed by atoms with Gasteiger partial charge in [-0.2, -0.15) is 0 Å². The fraction of sp³-hybridized carbons (Fsp3) is 0.333. The predicted octanol–water partition coefficient (Wildman–Crippen LogP) is 0.761. The Bertz CT molecular complexity index is 284. The number of hydrogen-bond acceptors (Lipinski definition) is 3. The Morgan fingerprint density at radius 2 is 2.00 bits per heavy atom. The summed E-state index contributed by atoms with van der Waals surface area (Å²) in [6.45, 7) is 0.443. The van der Waals surface area contributed by atoms with Crippen LogP contribution < -0.4 is 10.5 Å². The Labute approximate surface area is 80.4 Å². The zero-order chi connectivity index (χ0) is 9.68. The van der Waals surface area contributed by atoms with E-state index in [9.17, 15) is 4.21 Å². The summed E-state index contributed by atoms with van der Waals surface area (Å²) >= 11 is 0. The number of ether oxygens (including phenoxy) is 1. The van der Waals surface area contributed by atoms with Crippen molar-refractivity contribution in [2.24, 2.45) is 5.73 Å². The first-order chi connectivity index (χ1) is 6.27. The Morgan fingerprint density at radius 1 is 1.38 bits per heavy atom. The van der Waals surface area contributed by atoms with Crippen LogP contribution in [0, 0.1) is 0 Å². The van der Waals surface area contributed by atoms with E-state index in [1.54, 1.807) is 31.4 Å². The van der Waals surface area contributed by atoms with Gasteiger partial charge < -0.3 is 10.5 Å². The van der Waals surface area contributed by atoms with Crippen molar-refractivity contribution in [2.75, 3.05) is 19.4 Å². The second-order valence-corrected chi connectivity index (χ2v) is 4.08. The van der Waals surface area contributed by atoms with Crippen molar-refractivity contribution < 1.29 is 8.95 Å². The molecule has 1 rings (SSSR count). The standard InChI is InChI=1S/C9H13NO2S/c1-12-8-2-4-9(5-3-8)13(11)7-6-10/h2-5H,6-7,10H2,1H3. The molecule has 1 unspecified atom stereocenters. The minimum Gasteiger partial charge on any atom is -0.497 e. The number of methoxy groups -OCH3 is 1. The first-order valence-electron chi connectivity index (χ1n) is 4.00. The molecule has 0 amide bonds. The summed E-state index contributed by atoms with van der Waals surface area (Å²) < 4.78 is 16.4. The van der Waals surface area contributed by atoms with Crippen molar-refractivity contribution in [3.63, 3.8) is 0 Å². The molecule has 0 heterocycles. The van der Waals surface area contributed by atoms with Crippen molar-refractivity contribution in [3.05, 3.63) is 24.3 Å². The number of benzene rings is 1. The van der Waals surface area contributed by atoms with E-state index < -0.39 is 10.8 Å². The molecule has 0 bridgehead atoms. The van der Waals surface area contributed by atoms with E-state index in [-0.39, 0.29) is 0 Å². The number of rotatable bonds is 4. The second kappa shape index (κ2) is 4.99. The third-order valence-corrected chi connectivity index (χ3v) is 3.03. The van der Waals surface area contributed by atoms with Gasteiger partial charge in [-0.05, 0) is 24.3 Å². The molecule has 0 spiro atoms. The molecule has 0 radical (unpaired) electrons. The molecular formula is C9H13NO2S. The van der Waals surface area contributed by atoms with Crippen LogP contribution in [0.3, 0.4) is 0 Å². The van der Waals surface area contributed by atoms with Crippen LogP contribution in [0.25, 0.3) is 0 Å². The van der Waals surface area contributed by atoms with Crippen molar-refractivity contribution in [3.8, 4) is 5.75 Å². The zero-order valence-corrected chi connectivity index (χ0v) is 8.34. The maximum absolute atomic E-state index is 11.4. The van der Waals surface area contributed by atoms with Crippen molar-refractivity contribution >= 4 is 10.8 Å². The average Bonchev–Trinajstić information content (AvgIpc) is 2.18. The molecule has 1 aromatic carbocycles. The van der Waals surface area contributed by atoms with Gasteiger partial charge in [-0.3, -0.25) is 4.21 Å². The highest BCUT2D eigenvalue weighted by Crippen LogP contribution is 2.13. The molecule has 1 atom stereocenters. The summed E-state index contributed by atoms with van der Waals surface area (Å²) in [5.74, 6) is 1.28. The van der Waals surface area contributed by atoms with Gasteiger partial charge in [0.1, 0.15) is 5.75 Å². The molecule has 0 aromatic heterocycles. The smallest absolute Gasteiger partial charge is 0.118 e. The van der Waals surface area contributed by atoms with Gasteiger partial charge >= 0.3 is 0 Å². The zero-order valence-electron chi connectivity index (χ0n) is 7.53. The predicted molar refractivity (Wildman–Crippen MR) is 53.3 cm³/mol. The lowest BCUT2D eigenvalue weighted by Gasteiger charge is -2.02. The summed E-state index contributed by atoms with van der Waals surface area (Å²) in [4.78, 5) is 0.797. The molecule has 0 fully saturated rings. The van der Waals surface area contributed by atoms with E-state index in [0.29, 0.717) is 12.3 Å². The monoisotopic (exact) mass is 199 g/mol. The lowest BCUT2D eigenvalue weighted by molar-refractivity contribution is 0.414. The summed E-state index contributed by atoms with van der Waals surface area (Å²) in [5, 5.41) is 0. The molecule has 0 saturated carbocycles. The van der Waals surface area contributed by atoms with Gasteiger partial charge in [0, 0.05) is 17.2 Å². The third kappa shape index (κ3) is 2.82. The van der Waals surface area contributed by atoms with Gasteiger partial charge in [0.25, 0.3) is 0 Å². The highest BCUT2D eigenvalue weighted by Gasteiger charge is 2.01. The normalized spacial score (nSPS) is 12.5. The molecule has 0 aliphatic rings. The highest BCUT2D eigenvalue weighted by molar-refractivity contribution is 7.85. The van der Waals surface area contributed by atoms with Gasteiger partial charge in [-0.1, -0.05) is 0 Å². The molecule has 4 heteroatoms. The Balaban J connectivity index is 2.74. The maximum atomic E-state index is 11.4. The van der Waals surface area contributed by atoms with Gasteiger partial charge in [-0.15, -0.1) is 0 Å². The molecule has 0 aliphatic heterocycles. The van der Waals surface area contributed by atoms with Crippen LogP contribution in [0.5, 0.6) is 5.75 Å². The van der Waals surface area contributed by atoms with Crippen molar-refractivity contribution in [1.82, 2.24) is 0 Å². The summed E-state index contributed by atoms with van der Waals surface area (Å²) in [5.41, 5.74) is 5.31. The van der Waals surface area contributed by atoms with E-state index in [1.807, 2.05) is 0 Å². The Kier molecular flexibility index (Phi) is 3.92. The second-order valence-electron chi connectivity index (χ2n) is 2.51. The van der Waals surface area contributed by atoms with Crippen LogP contribution in [0.2, 0.25) is 0 Å². The largest absolute Gasteiger partial charge is 0.497 e. The van der Waals surface area contributed by atoms with Crippen LogP contribution in [0.15, 0.2) is 29.2 Å². The van der Waals surface area contributed by atoms with Gasteiger partial charge in [0.05, 0.1) is 17.9 Å². The summed E-state index contributed by atoms with van der Waals surface area (Å²) in [6.07, 6.45) is 0. The van der Waals surface area contributed by atoms with Crippen LogP contribution in [0.4, 0.5) is 0 Å².